The van der Waals surface area contributed by atoms with Crippen LogP contribution in [-0.2, 0) is 0 Å². The van der Waals surface area contributed by atoms with Crippen molar-refractivity contribution in [1.82, 2.24) is 9.97 Å². The molecule has 0 spiro atoms. The maximum atomic E-state index is 10.5. The molecule has 0 saturated heterocycles. The third-order valence-electron chi connectivity index (χ3n) is 2.46. The van der Waals surface area contributed by atoms with Crippen LogP contribution in [0.3, 0.4) is 0 Å². The summed E-state index contributed by atoms with van der Waals surface area (Å²) < 4.78 is 0. The second-order valence-electron chi connectivity index (χ2n) is 3.77. The maximum absolute atomic E-state index is 10.5. The minimum Gasteiger partial charge on any atom is -0.258 e. The second kappa shape index (κ2) is 5.14. The molecule has 2 rings (SSSR count). The predicted octanol–water partition coefficient (Wildman–Crippen LogP) is 3.15. The number of aryl methyl sites for hydroxylation is 2. The van der Waals surface area contributed by atoms with Gasteiger partial charge in [-0.05, 0) is 43.3 Å². The minimum atomic E-state index is -0.416. The number of nitrogens with zero attached hydrogens (tertiary/aromatic N) is 3. The Kier molecular flexibility index (Phi) is 3.57. The van der Waals surface area contributed by atoms with Crippen molar-refractivity contribution in [2.24, 2.45) is 0 Å². The van der Waals surface area contributed by atoms with Crippen molar-refractivity contribution in [3.8, 4) is 0 Å². The van der Waals surface area contributed by atoms with Crippen molar-refractivity contribution in [3.63, 3.8) is 0 Å². The molecule has 0 radical (unpaired) electrons. The molecule has 0 aliphatic rings. The molecule has 0 bridgehead atoms. The van der Waals surface area contributed by atoms with Crippen LogP contribution in [0.25, 0.3) is 0 Å². The Hall–Kier alpha value is -1.95. The van der Waals surface area contributed by atoms with Gasteiger partial charge >= 0.3 is 0 Å². The number of hydrogen-bond donors (Lipinski definition) is 0. The van der Waals surface area contributed by atoms with Crippen LogP contribution in [0, 0.1) is 24.0 Å². The highest BCUT2D eigenvalue weighted by Crippen LogP contribution is 2.26. The zero-order valence-electron chi connectivity index (χ0n) is 9.95. The Morgan fingerprint density at radius 3 is 2.44 bits per heavy atom. The SMILES string of the molecule is Cc1cnc(Sc2ccc([N+](=O)[O-])cc2)nc1C. The molecule has 0 N–H and O–H groups in total. The molecule has 6 heteroatoms. The summed E-state index contributed by atoms with van der Waals surface area (Å²) in [5, 5.41) is 11.2. The Bertz CT molecular complexity index is 584. The van der Waals surface area contributed by atoms with E-state index in [9.17, 15) is 10.1 Å². The zero-order chi connectivity index (χ0) is 13.1. The fraction of sp³-hybridized carbons (Fsp3) is 0.167. The van der Waals surface area contributed by atoms with Crippen molar-refractivity contribution in [2.75, 3.05) is 0 Å². The van der Waals surface area contributed by atoms with E-state index in [-0.39, 0.29) is 5.69 Å². The minimum absolute atomic E-state index is 0.0837. The van der Waals surface area contributed by atoms with E-state index in [1.807, 2.05) is 13.8 Å². The van der Waals surface area contributed by atoms with Gasteiger partial charge in [0.2, 0.25) is 0 Å². The molecular formula is C12H11N3O2S. The lowest BCUT2D eigenvalue weighted by atomic mass is 10.3. The highest BCUT2D eigenvalue weighted by Gasteiger charge is 2.06. The molecule has 0 aliphatic carbocycles. The van der Waals surface area contributed by atoms with Crippen molar-refractivity contribution in [1.29, 1.82) is 0 Å². The number of aromatic nitrogens is 2. The van der Waals surface area contributed by atoms with Crippen LogP contribution in [0.2, 0.25) is 0 Å². The molecule has 18 heavy (non-hydrogen) atoms. The molecule has 0 aliphatic heterocycles. The topological polar surface area (TPSA) is 68.9 Å². The monoisotopic (exact) mass is 261 g/mol. The number of rotatable bonds is 3. The first kappa shape index (κ1) is 12.5. The van der Waals surface area contributed by atoms with Crippen LogP contribution in [0.1, 0.15) is 11.3 Å². The lowest BCUT2D eigenvalue weighted by molar-refractivity contribution is -0.384. The molecule has 0 amide bonds. The van der Waals surface area contributed by atoms with Gasteiger partial charge in [-0.2, -0.15) is 0 Å². The molecule has 92 valence electrons. The standard InChI is InChI=1S/C12H11N3O2S/c1-8-7-13-12(14-9(8)2)18-11-5-3-10(4-6-11)15(16)17/h3-7H,1-2H3. The first-order valence-corrected chi connectivity index (χ1v) is 6.10. The number of hydrogen-bond acceptors (Lipinski definition) is 5. The number of benzene rings is 1. The molecule has 0 saturated carbocycles. The lowest BCUT2D eigenvalue weighted by Gasteiger charge is -2.02. The van der Waals surface area contributed by atoms with Crippen molar-refractivity contribution in [2.45, 2.75) is 23.9 Å². The van der Waals surface area contributed by atoms with Crippen molar-refractivity contribution >= 4 is 17.4 Å². The number of nitro groups is 1. The van der Waals surface area contributed by atoms with E-state index in [0.717, 1.165) is 16.2 Å². The first-order valence-electron chi connectivity index (χ1n) is 5.29. The van der Waals surface area contributed by atoms with Gasteiger partial charge < -0.3 is 0 Å². The summed E-state index contributed by atoms with van der Waals surface area (Å²) in [5.74, 6) is 0. The number of nitro benzene ring substituents is 1. The van der Waals surface area contributed by atoms with Crippen LogP contribution in [0.4, 0.5) is 5.69 Å². The normalized spacial score (nSPS) is 10.3. The summed E-state index contributed by atoms with van der Waals surface area (Å²) >= 11 is 1.39. The van der Waals surface area contributed by atoms with Gasteiger partial charge in [0, 0.05) is 28.9 Å². The summed E-state index contributed by atoms with van der Waals surface area (Å²) in [5.41, 5.74) is 2.07. The molecular weight excluding hydrogens is 250 g/mol. The quantitative estimate of drug-likeness (QED) is 0.482. The van der Waals surface area contributed by atoms with E-state index in [1.165, 1.54) is 23.9 Å². The Balaban J connectivity index is 2.18. The number of non-ortho nitro benzene ring substituents is 1. The van der Waals surface area contributed by atoms with Crippen LogP contribution in [0.15, 0.2) is 40.5 Å². The van der Waals surface area contributed by atoms with Crippen LogP contribution >= 0.6 is 11.8 Å². The molecule has 0 fully saturated rings. The zero-order valence-corrected chi connectivity index (χ0v) is 10.8. The average molecular weight is 261 g/mol. The van der Waals surface area contributed by atoms with E-state index in [0.29, 0.717) is 5.16 Å². The van der Waals surface area contributed by atoms with Gasteiger partial charge in [0.05, 0.1) is 4.92 Å². The summed E-state index contributed by atoms with van der Waals surface area (Å²) in [4.78, 5) is 19.5. The van der Waals surface area contributed by atoms with E-state index in [1.54, 1.807) is 18.3 Å². The van der Waals surface area contributed by atoms with Gasteiger partial charge in [-0.15, -0.1) is 0 Å². The van der Waals surface area contributed by atoms with Crippen molar-refractivity contribution in [3.05, 3.63) is 51.8 Å². The summed E-state index contributed by atoms with van der Waals surface area (Å²) in [6, 6.07) is 6.34. The highest BCUT2D eigenvalue weighted by atomic mass is 32.2. The predicted molar refractivity (Wildman–Crippen MR) is 68.7 cm³/mol. The molecule has 1 heterocycles. The second-order valence-corrected chi connectivity index (χ2v) is 4.81. The van der Waals surface area contributed by atoms with Crippen molar-refractivity contribution < 1.29 is 4.92 Å². The summed E-state index contributed by atoms with van der Waals surface area (Å²) in [7, 11) is 0. The molecule has 0 atom stereocenters. The van der Waals surface area contributed by atoms with Crippen LogP contribution in [-0.4, -0.2) is 14.9 Å². The molecule has 2 aromatic rings. The van der Waals surface area contributed by atoms with Gasteiger partial charge in [0.1, 0.15) is 0 Å². The Labute approximate surface area is 108 Å². The van der Waals surface area contributed by atoms with E-state index >= 15 is 0 Å². The molecule has 1 aromatic carbocycles. The summed E-state index contributed by atoms with van der Waals surface area (Å²) in [6.45, 7) is 3.88. The van der Waals surface area contributed by atoms with Gasteiger partial charge in [-0.3, -0.25) is 10.1 Å². The smallest absolute Gasteiger partial charge is 0.258 e. The summed E-state index contributed by atoms with van der Waals surface area (Å²) in [6.07, 6.45) is 1.77. The first-order chi connectivity index (χ1) is 8.56. The average Bonchev–Trinajstić information content (AvgIpc) is 2.34. The Morgan fingerprint density at radius 1 is 1.22 bits per heavy atom. The van der Waals surface area contributed by atoms with Crippen LogP contribution in [0.5, 0.6) is 0 Å². The van der Waals surface area contributed by atoms with Gasteiger partial charge in [0.15, 0.2) is 5.16 Å². The fourth-order valence-electron chi connectivity index (χ4n) is 1.30. The Morgan fingerprint density at radius 2 is 1.89 bits per heavy atom. The van der Waals surface area contributed by atoms with Gasteiger partial charge in [0.25, 0.3) is 5.69 Å². The molecule has 0 unspecified atom stereocenters. The van der Waals surface area contributed by atoms with Crippen LogP contribution < -0.4 is 0 Å². The third kappa shape index (κ3) is 2.84. The van der Waals surface area contributed by atoms with Gasteiger partial charge in [-0.25, -0.2) is 9.97 Å². The van der Waals surface area contributed by atoms with E-state index < -0.39 is 4.92 Å². The largest absolute Gasteiger partial charge is 0.269 e. The highest BCUT2D eigenvalue weighted by molar-refractivity contribution is 7.99. The molecule has 1 aromatic heterocycles. The van der Waals surface area contributed by atoms with Gasteiger partial charge in [-0.1, -0.05) is 0 Å². The third-order valence-corrected chi connectivity index (χ3v) is 3.35. The van der Waals surface area contributed by atoms with E-state index in [2.05, 4.69) is 9.97 Å². The lowest BCUT2D eigenvalue weighted by Crippen LogP contribution is -1.92. The fourth-order valence-corrected chi connectivity index (χ4v) is 2.07. The molecule has 5 nitrogen and oxygen atoms in total. The van der Waals surface area contributed by atoms with E-state index in [4.69, 9.17) is 0 Å². The maximum Gasteiger partial charge on any atom is 0.269 e.